The van der Waals surface area contributed by atoms with E-state index in [4.69, 9.17) is 0 Å². The van der Waals surface area contributed by atoms with Crippen LogP contribution in [0, 0.1) is 0 Å². The summed E-state index contributed by atoms with van der Waals surface area (Å²) in [6.07, 6.45) is 75.6. The summed E-state index contributed by atoms with van der Waals surface area (Å²) in [6.45, 7) is 4.32. The Morgan fingerprint density at radius 1 is 0.365 bits per heavy atom. The van der Waals surface area contributed by atoms with Gasteiger partial charge in [-0.25, -0.2) is 0 Å². The summed E-state index contributed by atoms with van der Waals surface area (Å²) < 4.78 is 0. The molecule has 2 unspecified atom stereocenters. The molecule has 0 aliphatic heterocycles. The minimum absolute atomic E-state index is 0.0764. The Kier molecular flexibility index (Phi) is 53.3. The van der Waals surface area contributed by atoms with Crippen molar-refractivity contribution in [3.05, 3.63) is 48.6 Å². The van der Waals surface area contributed by atoms with Crippen molar-refractivity contribution in [3.8, 4) is 0 Å². The van der Waals surface area contributed by atoms with Gasteiger partial charge in [-0.3, -0.25) is 4.79 Å². The summed E-state index contributed by atoms with van der Waals surface area (Å²) in [4.78, 5) is 12.5. The molecule has 370 valence electrons. The molecule has 0 rings (SSSR count). The number of carbonyl (C=O) groups excluding carboxylic acids is 1. The first kappa shape index (κ1) is 61.4. The number of unbranched alkanes of at least 4 members (excludes halogenated alkanes) is 39. The van der Waals surface area contributed by atoms with Crippen molar-refractivity contribution >= 4 is 5.91 Å². The van der Waals surface area contributed by atoms with Crippen LogP contribution in [0.25, 0.3) is 0 Å². The van der Waals surface area contributed by atoms with Crippen LogP contribution in [0.3, 0.4) is 0 Å². The fourth-order valence-corrected chi connectivity index (χ4v) is 8.68. The molecular weight excluding hydrogens is 771 g/mol. The first-order valence-corrected chi connectivity index (χ1v) is 28.4. The topological polar surface area (TPSA) is 69.6 Å². The van der Waals surface area contributed by atoms with Crippen molar-refractivity contribution in [2.45, 2.75) is 315 Å². The lowest BCUT2D eigenvalue weighted by molar-refractivity contribution is -0.123. The Balaban J connectivity index is 3.55. The highest BCUT2D eigenvalue weighted by Gasteiger charge is 2.18. The van der Waals surface area contributed by atoms with E-state index < -0.39 is 12.1 Å². The lowest BCUT2D eigenvalue weighted by Crippen LogP contribution is -2.45. The van der Waals surface area contributed by atoms with Gasteiger partial charge in [-0.15, -0.1) is 0 Å². The van der Waals surface area contributed by atoms with Gasteiger partial charge in [0, 0.05) is 6.42 Å². The summed E-state index contributed by atoms with van der Waals surface area (Å²) in [6, 6.07) is -0.648. The van der Waals surface area contributed by atoms with Gasteiger partial charge in [0.25, 0.3) is 0 Å². The van der Waals surface area contributed by atoms with Crippen molar-refractivity contribution < 1.29 is 15.0 Å². The second kappa shape index (κ2) is 54.7. The summed E-state index contributed by atoms with van der Waals surface area (Å²) >= 11 is 0. The standard InChI is InChI=1S/C59H111NO3/c1-3-5-7-9-11-13-15-17-19-21-23-25-27-29-31-33-35-37-39-41-43-45-47-49-51-53-55-59(63)60-57(56-61)58(62)54-52-50-48-46-44-42-40-38-36-34-32-30-28-26-24-22-20-18-16-14-12-10-8-6-4-2/h29,31,36,38,44,46,52,54,57-58,61-62H,3-28,30,32-35,37,39-43,45,47-51,53,55-56H2,1-2H3,(H,60,63)/b31-29-,38-36+,46-44+,54-52+. The van der Waals surface area contributed by atoms with E-state index in [0.717, 1.165) is 38.5 Å². The third kappa shape index (κ3) is 51.2. The maximum atomic E-state index is 12.5. The normalized spacial score (nSPS) is 13.1. The van der Waals surface area contributed by atoms with Gasteiger partial charge in [0.2, 0.25) is 5.91 Å². The van der Waals surface area contributed by atoms with E-state index in [2.05, 4.69) is 55.6 Å². The predicted molar refractivity (Wildman–Crippen MR) is 281 cm³/mol. The van der Waals surface area contributed by atoms with Crippen LogP contribution in [0.4, 0.5) is 0 Å². The van der Waals surface area contributed by atoms with Gasteiger partial charge in [0.15, 0.2) is 0 Å². The van der Waals surface area contributed by atoms with Crippen LogP contribution >= 0.6 is 0 Å². The Labute approximate surface area is 394 Å². The third-order valence-corrected chi connectivity index (χ3v) is 13.0. The van der Waals surface area contributed by atoms with Gasteiger partial charge < -0.3 is 15.5 Å². The highest BCUT2D eigenvalue weighted by molar-refractivity contribution is 5.76. The van der Waals surface area contributed by atoms with Crippen molar-refractivity contribution in [2.24, 2.45) is 0 Å². The van der Waals surface area contributed by atoms with Gasteiger partial charge in [-0.2, -0.15) is 0 Å². The van der Waals surface area contributed by atoms with Crippen LogP contribution in [-0.2, 0) is 4.79 Å². The summed E-state index contributed by atoms with van der Waals surface area (Å²) in [5.41, 5.74) is 0. The van der Waals surface area contributed by atoms with E-state index in [-0.39, 0.29) is 12.5 Å². The average molecular weight is 883 g/mol. The van der Waals surface area contributed by atoms with E-state index >= 15 is 0 Å². The molecule has 63 heavy (non-hydrogen) atoms. The summed E-state index contributed by atoms with van der Waals surface area (Å²) in [7, 11) is 0. The van der Waals surface area contributed by atoms with Crippen LogP contribution in [-0.4, -0.2) is 34.9 Å². The molecule has 0 aliphatic rings. The summed E-state index contributed by atoms with van der Waals surface area (Å²) in [5, 5.41) is 23.1. The summed E-state index contributed by atoms with van der Waals surface area (Å²) in [5.74, 6) is -0.0764. The number of aliphatic hydroxyl groups is 2. The van der Waals surface area contributed by atoms with Crippen molar-refractivity contribution in [2.75, 3.05) is 6.61 Å². The number of hydrogen-bond acceptors (Lipinski definition) is 3. The molecule has 2 atom stereocenters. The minimum Gasteiger partial charge on any atom is -0.394 e. The fraction of sp³-hybridized carbons (Fsp3) is 0.847. The van der Waals surface area contributed by atoms with Crippen LogP contribution < -0.4 is 5.32 Å². The Morgan fingerprint density at radius 3 is 0.921 bits per heavy atom. The lowest BCUT2D eigenvalue weighted by atomic mass is 10.0. The number of carbonyl (C=O) groups is 1. The van der Waals surface area contributed by atoms with Gasteiger partial charge in [-0.1, -0.05) is 274 Å². The second-order valence-electron chi connectivity index (χ2n) is 19.3. The molecule has 0 bridgehead atoms. The molecule has 0 aromatic heterocycles. The molecule has 0 aromatic rings. The van der Waals surface area contributed by atoms with Crippen molar-refractivity contribution in [1.82, 2.24) is 5.32 Å². The number of amides is 1. The first-order valence-electron chi connectivity index (χ1n) is 28.4. The van der Waals surface area contributed by atoms with Gasteiger partial charge >= 0.3 is 0 Å². The van der Waals surface area contributed by atoms with Crippen molar-refractivity contribution in [1.29, 1.82) is 0 Å². The van der Waals surface area contributed by atoms with E-state index in [1.807, 2.05) is 6.08 Å². The average Bonchev–Trinajstić information content (AvgIpc) is 3.29. The Morgan fingerprint density at radius 2 is 0.619 bits per heavy atom. The molecule has 0 aliphatic carbocycles. The molecule has 0 aromatic carbocycles. The van der Waals surface area contributed by atoms with Crippen LogP contribution in [0.2, 0.25) is 0 Å². The monoisotopic (exact) mass is 882 g/mol. The van der Waals surface area contributed by atoms with Gasteiger partial charge in [0.05, 0.1) is 18.8 Å². The maximum absolute atomic E-state index is 12.5. The smallest absolute Gasteiger partial charge is 0.220 e. The second-order valence-corrected chi connectivity index (χ2v) is 19.3. The lowest BCUT2D eigenvalue weighted by Gasteiger charge is -2.19. The predicted octanol–water partition coefficient (Wildman–Crippen LogP) is 18.6. The van der Waals surface area contributed by atoms with E-state index in [0.29, 0.717) is 6.42 Å². The highest BCUT2D eigenvalue weighted by Crippen LogP contribution is 2.16. The third-order valence-electron chi connectivity index (χ3n) is 13.0. The van der Waals surface area contributed by atoms with Crippen LogP contribution in [0.5, 0.6) is 0 Å². The van der Waals surface area contributed by atoms with Crippen LogP contribution in [0.1, 0.15) is 303 Å². The number of hydrogen-bond donors (Lipinski definition) is 3. The minimum atomic E-state index is -0.872. The van der Waals surface area contributed by atoms with E-state index in [9.17, 15) is 15.0 Å². The molecule has 4 heteroatoms. The molecule has 3 N–H and O–H groups in total. The largest absolute Gasteiger partial charge is 0.394 e. The molecule has 4 nitrogen and oxygen atoms in total. The molecular formula is C59H111NO3. The fourth-order valence-electron chi connectivity index (χ4n) is 8.68. The zero-order chi connectivity index (χ0) is 45.6. The number of allylic oxidation sites excluding steroid dienone is 7. The molecule has 0 heterocycles. The van der Waals surface area contributed by atoms with Gasteiger partial charge in [-0.05, 0) is 70.6 Å². The zero-order valence-electron chi connectivity index (χ0n) is 42.6. The van der Waals surface area contributed by atoms with E-state index in [1.54, 1.807) is 6.08 Å². The first-order chi connectivity index (χ1) is 31.2. The Hall–Kier alpha value is -1.65. The maximum Gasteiger partial charge on any atom is 0.220 e. The number of aliphatic hydroxyl groups excluding tert-OH is 2. The molecule has 0 spiro atoms. The molecule has 0 radical (unpaired) electrons. The van der Waals surface area contributed by atoms with Gasteiger partial charge in [0.1, 0.15) is 0 Å². The quantitative estimate of drug-likeness (QED) is 0.0421. The highest BCUT2D eigenvalue weighted by atomic mass is 16.3. The molecule has 0 saturated heterocycles. The number of nitrogens with one attached hydrogen (secondary N) is 1. The van der Waals surface area contributed by atoms with Crippen LogP contribution in [0.15, 0.2) is 48.6 Å². The Bertz CT molecular complexity index is 1000. The molecule has 0 fully saturated rings. The molecule has 0 saturated carbocycles. The van der Waals surface area contributed by atoms with E-state index in [1.165, 1.54) is 244 Å². The zero-order valence-corrected chi connectivity index (χ0v) is 42.6. The SMILES string of the molecule is CCCCCCCCCCCCCC/C=C\CCCCCCCCCCCCC(=O)NC(CO)C(O)/C=C/CC/C=C/CC/C=C/CCCCCCCCCCCCCCCCC. The van der Waals surface area contributed by atoms with Crippen molar-refractivity contribution in [3.63, 3.8) is 0 Å². The number of rotatable bonds is 52. The molecule has 1 amide bonds.